The Bertz CT molecular complexity index is 1110. The van der Waals surface area contributed by atoms with Crippen molar-refractivity contribution in [3.8, 4) is 5.75 Å². The molecule has 0 aliphatic heterocycles. The zero-order valence-corrected chi connectivity index (χ0v) is 22.3. The lowest BCUT2D eigenvalue weighted by atomic mass is 10.0. The van der Waals surface area contributed by atoms with Crippen LogP contribution in [0.1, 0.15) is 25.0 Å². The van der Waals surface area contributed by atoms with Gasteiger partial charge < -0.3 is 15.0 Å². The first-order valence-electron chi connectivity index (χ1n) is 11.6. The molecule has 184 valence electrons. The van der Waals surface area contributed by atoms with Gasteiger partial charge in [0.1, 0.15) is 11.8 Å². The molecule has 0 spiro atoms. The lowest BCUT2D eigenvalue weighted by Gasteiger charge is -2.31. The molecule has 0 aromatic heterocycles. The molecule has 3 aromatic carbocycles. The molecular formula is C28H30BrClN2O3. The number of carbonyl (C=O) groups is 2. The number of ether oxygens (including phenoxy) is 1. The fourth-order valence-corrected chi connectivity index (χ4v) is 4.14. The van der Waals surface area contributed by atoms with Gasteiger partial charge in [-0.2, -0.15) is 0 Å². The van der Waals surface area contributed by atoms with E-state index in [1.165, 1.54) is 0 Å². The molecule has 0 bridgehead atoms. The number of halogens is 2. The van der Waals surface area contributed by atoms with Gasteiger partial charge in [0, 0.05) is 29.0 Å². The van der Waals surface area contributed by atoms with Crippen LogP contribution in [0.25, 0.3) is 0 Å². The van der Waals surface area contributed by atoms with Gasteiger partial charge in [0.15, 0.2) is 6.61 Å². The van der Waals surface area contributed by atoms with Crippen molar-refractivity contribution in [2.75, 3.05) is 13.2 Å². The zero-order valence-electron chi connectivity index (χ0n) is 19.9. The van der Waals surface area contributed by atoms with Crippen LogP contribution < -0.4 is 10.1 Å². The van der Waals surface area contributed by atoms with Gasteiger partial charge in [-0.25, -0.2) is 0 Å². The van der Waals surface area contributed by atoms with Crippen molar-refractivity contribution in [2.45, 2.75) is 32.9 Å². The zero-order chi connectivity index (χ0) is 25.2. The quantitative estimate of drug-likeness (QED) is 0.320. The van der Waals surface area contributed by atoms with Gasteiger partial charge in [-0.15, -0.1) is 0 Å². The Labute approximate surface area is 220 Å². The Kier molecular flexibility index (Phi) is 10.2. The van der Waals surface area contributed by atoms with Crippen LogP contribution in [-0.2, 0) is 22.6 Å². The normalized spacial score (nSPS) is 11.7. The van der Waals surface area contributed by atoms with E-state index in [0.717, 1.165) is 15.6 Å². The summed E-state index contributed by atoms with van der Waals surface area (Å²) in [5, 5.41) is 3.61. The Hall–Kier alpha value is -2.83. The molecule has 0 radical (unpaired) electrons. The van der Waals surface area contributed by atoms with Crippen LogP contribution in [0.2, 0.25) is 5.02 Å². The van der Waals surface area contributed by atoms with Crippen molar-refractivity contribution in [1.29, 1.82) is 0 Å². The second-order valence-corrected chi connectivity index (χ2v) is 10.1. The molecule has 0 aliphatic rings. The van der Waals surface area contributed by atoms with Crippen molar-refractivity contribution in [2.24, 2.45) is 5.92 Å². The summed E-state index contributed by atoms with van der Waals surface area (Å²) in [6.07, 6.45) is 0.394. The van der Waals surface area contributed by atoms with E-state index in [1.807, 2.05) is 68.4 Å². The molecule has 0 heterocycles. The van der Waals surface area contributed by atoms with Crippen molar-refractivity contribution in [1.82, 2.24) is 10.2 Å². The molecule has 3 rings (SSSR count). The predicted octanol–water partition coefficient (Wildman–Crippen LogP) is 5.89. The van der Waals surface area contributed by atoms with Crippen LogP contribution >= 0.6 is 27.5 Å². The molecule has 1 atom stereocenters. The van der Waals surface area contributed by atoms with Crippen LogP contribution in [0.4, 0.5) is 0 Å². The van der Waals surface area contributed by atoms with Crippen LogP contribution in [0, 0.1) is 5.92 Å². The van der Waals surface area contributed by atoms with Gasteiger partial charge in [0.2, 0.25) is 5.91 Å². The van der Waals surface area contributed by atoms with E-state index in [2.05, 4.69) is 21.2 Å². The molecule has 3 aromatic rings. The van der Waals surface area contributed by atoms with E-state index < -0.39 is 6.04 Å². The molecule has 0 aliphatic carbocycles. The van der Waals surface area contributed by atoms with Crippen molar-refractivity contribution in [3.05, 3.63) is 99.5 Å². The van der Waals surface area contributed by atoms with Crippen molar-refractivity contribution < 1.29 is 14.3 Å². The van der Waals surface area contributed by atoms with Gasteiger partial charge in [0.25, 0.3) is 5.91 Å². The summed E-state index contributed by atoms with van der Waals surface area (Å²) >= 11 is 9.45. The highest BCUT2D eigenvalue weighted by molar-refractivity contribution is 9.10. The highest BCUT2D eigenvalue weighted by Gasteiger charge is 2.30. The number of benzene rings is 3. The maximum Gasteiger partial charge on any atom is 0.261 e. The first-order valence-corrected chi connectivity index (χ1v) is 12.7. The lowest BCUT2D eigenvalue weighted by molar-refractivity contribution is -0.142. The van der Waals surface area contributed by atoms with Gasteiger partial charge in [-0.3, -0.25) is 9.59 Å². The number of hydrogen-bond acceptors (Lipinski definition) is 3. The Balaban J connectivity index is 1.89. The van der Waals surface area contributed by atoms with Crippen LogP contribution in [-0.4, -0.2) is 35.9 Å². The maximum absolute atomic E-state index is 13.5. The molecular weight excluding hydrogens is 528 g/mol. The SMILES string of the molecule is CC(C)CNC(=O)C(Cc1ccccc1)N(Cc1cccc(Br)c1)C(=O)COc1ccc(Cl)cc1. The molecule has 2 amide bonds. The topological polar surface area (TPSA) is 58.6 Å². The van der Waals surface area contributed by atoms with Crippen LogP contribution in [0.3, 0.4) is 0 Å². The van der Waals surface area contributed by atoms with Crippen LogP contribution in [0.15, 0.2) is 83.3 Å². The summed E-state index contributed by atoms with van der Waals surface area (Å²) in [6, 6.07) is 23.6. The van der Waals surface area contributed by atoms with E-state index in [1.54, 1.807) is 29.2 Å². The smallest absolute Gasteiger partial charge is 0.261 e. The van der Waals surface area contributed by atoms with Crippen molar-refractivity contribution in [3.63, 3.8) is 0 Å². The second kappa shape index (κ2) is 13.3. The Morgan fingerprint density at radius 3 is 2.31 bits per heavy atom. The van der Waals surface area contributed by atoms with Gasteiger partial charge in [-0.1, -0.05) is 83.8 Å². The number of amides is 2. The summed E-state index contributed by atoms with van der Waals surface area (Å²) in [4.78, 5) is 28.5. The average Bonchev–Trinajstić information content (AvgIpc) is 2.85. The lowest BCUT2D eigenvalue weighted by Crippen LogP contribution is -2.52. The Morgan fingerprint density at radius 2 is 1.66 bits per heavy atom. The standard InChI is InChI=1S/C28H30BrClN2O3/c1-20(2)17-31-28(34)26(16-21-7-4-3-5-8-21)32(18-22-9-6-10-23(29)15-22)27(33)19-35-25-13-11-24(30)12-14-25/h3-15,20,26H,16-19H2,1-2H3,(H,31,34). The summed E-state index contributed by atoms with van der Waals surface area (Å²) < 4.78 is 6.66. The molecule has 0 fully saturated rings. The second-order valence-electron chi connectivity index (χ2n) is 8.74. The van der Waals surface area contributed by atoms with Gasteiger partial charge in [0.05, 0.1) is 0 Å². The third kappa shape index (κ3) is 8.71. The molecule has 0 saturated heterocycles. The third-order valence-corrected chi connectivity index (χ3v) is 6.12. The van der Waals surface area contributed by atoms with Gasteiger partial charge >= 0.3 is 0 Å². The number of rotatable bonds is 11. The fraction of sp³-hybridized carbons (Fsp3) is 0.286. The molecule has 0 saturated carbocycles. The number of carbonyl (C=O) groups excluding carboxylic acids is 2. The van der Waals surface area contributed by atoms with Gasteiger partial charge in [-0.05, 0) is 53.4 Å². The minimum absolute atomic E-state index is 0.183. The number of hydrogen-bond donors (Lipinski definition) is 1. The van der Waals surface area contributed by atoms with E-state index in [-0.39, 0.29) is 25.0 Å². The molecule has 5 nitrogen and oxygen atoms in total. The molecule has 1 N–H and O–H groups in total. The third-order valence-electron chi connectivity index (χ3n) is 5.37. The molecule has 35 heavy (non-hydrogen) atoms. The van der Waals surface area contributed by atoms with E-state index in [9.17, 15) is 9.59 Å². The first kappa shape index (κ1) is 26.8. The maximum atomic E-state index is 13.5. The predicted molar refractivity (Wildman–Crippen MR) is 143 cm³/mol. The van der Waals surface area contributed by atoms with E-state index in [0.29, 0.717) is 29.7 Å². The average molecular weight is 558 g/mol. The van der Waals surface area contributed by atoms with E-state index >= 15 is 0 Å². The monoisotopic (exact) mass is 556 g/mol. The molecule has 7 heteroatoms. The van der Waals surface area contributed by atoms with Crippen molar-refractivity contribution >= 4 is 39.3 Å². The highest BCUT2D eigenvalue weighted by Crippen LogP contribution is 2.19. The summed E-state index contributed by atoms with van der Waals surface area (Å²) in [5.74, 6) is 0.366. The minimum Gasteiger partial charge on any atom is -0.484 e. The molecule has 1 unspecified atom stereocenters. The minimum atomic E-state index is -0.698. The highest BCUT2D eigenvalue weighted by atomic mass is 79.9. The summed E-state index contributed by atoms with van der Waals surface area (Å²) in [6.45, 7) is 4.69. The summed E-state index contributed by atoms with van der Waals surface area (Å²) in [7, 11) is 0. The van der Waals surface area contributed by atoms with Crippen LogP contribution in [0.5, 0.6) is 5.75 Å². The summed E-state index contributed by atoms with van der Waals surface area (Å²) in [5.41, 5.74) is 1.89. The van der Waals surface area contributed by atoms with E-state index in [4.69, 9.17) is 16.3 Å². The number of nitrogens with zero attached hydrogens (tertiary/aromatic N) is 1. The fourth-order valence-electron chi connectivity index (χ4n) is 3.57. The largest absolute Gasteiger partial charge is 0.484 e. The Morgan fingerprint density at radius 1 is 0.971 bits per heavy atom. The number of nitrogens with one attached hydrogen (secondary N) is 1. The first-order chi connectivity index (χ1) is 16.8.